The minimum Gasteiger partial charge on any atom is -0.496 e. The standard InChI is InChI=1S/C12H10ClNO4/c1-6-3-10(17-2)7(4-8(6)13)11-5-9(12(15)16)14-18-11/h3-5H,1-2H3,(H,15,16). The quantitative estimate of drug-likeness (QED) is 0.925. The van der Waals surface area contributed by atoms with Crippen LogP contribution in [0.4, 0.5) is 0 Å². The fourth-order valence-electron chi connectivity index (χ4n) is 1.52. The van der Waals surface area contributed by atoms with E-state index in [1.807, 2.05) is 6.92 Å². The van der Waals surface area contributed by atoms with E-state index >= 15 is 0 Å². The third-order valence-electron chi connectivity index (χ3n) is 2.48. The highest BCUT2D eigenvalue weighted by Gasteiger charge is 2.16. The van der Waals surface area contributed by atoms with Gasteiger partial charge in [0, 0.05) is 11.1 Å². The normalized spacial score (nSPS) is 10.4. The number of halogens is 1. The summed E-state index contributed by atoms with van der Waals surface area (Å²) in [5, 5.41) is 12.8. The Morgan fingerprint density at radius 1 is 1.44 bits per heavy atom. The van der Waals surface area contributed by atoms with Crippen molar-refractivity contribution in [2.24, 2.45) is 0 Å². The van der Waals surface area contributed by atoms with Crippen LogP contribution in [0.15, 0.2) is 22.7 Å². The summed E-state index contributed by atoms with van der Waals surface area (Å²) in [7, 11) is 1.51. The summed E-state index contributed by atoms with van der Waals surface area (Å²) < 4.78 is 10.2. The molecule has 0 aliphatic rings. The second-order valence-corrected chi connectivity index (χ2v) is 4.09. The first kappa shape index (κ1) is 12.4. The summed E-state index contributed by atoms with van der Waals surface area (Å²) in [6.07, 6.45) is 0. The van der Waals surface area contributed by atoms with Crippen LogP contribution in [0.25, 0.3) is 11.3 Å². The Labute approximate surface area is 108 Å². The molecule has 0 spiro atoms. The second-order valence-electron chi connectivity index (χ2n) is 3.68. The number of ether oxygens (including phenoxy) is 1. The molecule has 1 aromatic heterocycles. The van der Waals surface area contributed by atoms with Crippen LogP contribution in [0.2, 0.25) is 5.02 Å². The van der Waals surface area contributed by atoms with E-state index in [1.54, 1.807) is 12.1 Å². The minimum absolute atomic E-state index is 0.163. The first-order valence-electron chi connectivity index (χ1n) is 5.07. The van der Waals surface area contributed by atoms with Gasteiger partial charge in [0.2, 0.25) is 0 Å². The first-order chi connectivity index (χ1) is 8.52. The number of carbonyl (C=O) groups is 1. The van der Waals surface area contributed by atoms with Crippen molar-refractivity contribution >= 4 is 17.6 Å². The molecule has 1 heterocycles. The summed E-state index contributed by atoms with van der Waals surface area (Å²) >= 11 is 6.03. The molecule has 0 amide bonds. The molecule has 0 aliphatic carbocycles. The van der Waals surface area contributed by atoms with Gasteiger partial charge in [-0.3, -0.25) is 0 Å². The van der Waals surface area contributed by atoms with Crippen LogP contribution in [-0.2, 0) is 0 Å². The average Bonchev–Trinajstić information content (AvgIpc) is 2.81. The van der Waals surface area contributed by atoms with Gasteiger partial charge in [-0.15, -0.1) is 0 Å². The molecule has 18 heavy (non-hydrogen) atoms. The zero-order chi connectivity index (χ0) is 13.3. The van der Waals surface area contributed by atoms with Crippen molar-refractivity contribution in [2.75, 3.05) is 7.11 Å². The van der Waals surface area contributed by atoms with Gasteiger partial charge >= 0.3 is 5.97 Å². The maximum Gasteiger partial charge on any atom is 0.358 e. The summed E-state index contributed by atoms with van der Waals surface area (Å²) in [6.45, 7) is 1.84. The lowest BCUT2D eigenvalue weighted by molar-refractivity contribution is 0.0686. The number of carboxylic acids is 1. The third kappa shape index (κ3) is 2.17. The monoisotopic (exact) mass is 267 g/mol. The molecule has 0 aliphatic heterocycles. The molecular weight excluding hydrogens is 258 g/mol. The minimum atomic E-state index is -1.15. The average molecular weight is 268 g/mol. The van der Waals surface area contributed by atoms with E-state index < -0.39 is 5.97 Å². The topological polar surface area (TPSA) is 72.6 Å². The number of hydrogen-bond donors (Lipinski definition) is 1. The highest BCUT2D eigenvalue weighted by molar-refractivity contribution is 6.31. The summed E-state index contributed by atoms with van der Waals surface area (Å²) in [6, 6.07) is 4.73. The van der Waals surface area contributed by atoms with Crippen LogP contribution in [-0.4, -0.2) is 23.3 Å². The summed E-state index contributed by atoms with van der Waals surface area (Å²) in [5.41, 5.74) is 1.26. The van der Waals surface area contributed by atoms with Crippen molar-refractivity contribution < 1.29 is 19.2 Å². The lowest BCUT2D eigenvalue weighted by atomic mass is 10.1. The zero-order valence-electron chi connectivity index (χ0n) is 9.73. The van der Waals surface area contributed by atoms with Gasteiger partial charge in [-0.2, -0.15) is 0 Å². The van der Waals surface area contributed by atoms with Crippen molar-refractivity contribution in [3.63, 3.8) is 0 Å². The van der Waals surface area contributed by atoms with Crippen molar-refractivity contribution in [3.05, 3.63) is 34.5 Å². The SMILES string of the molecule is COc1cc(C)c(Cl)cc1-c1cc(C(=O)O)no1. The highest BCUT2D eigenvalue weighted by Crippen LogP contribution is 2.34. The van der Waals surface area contributed by atoms with Crippen molar-refractivity contribution in [3.8, 4) is 17.1 Å². The first-order valence-corrected chi connectivity index (χ1v) is 5.45. The Bertz CT molecular complexity index is 606. The number of hydrogen-bond acceptors (Lipinski definition) is 4. The van der Waals surface area contributed by atoms with Crippen LogP contribution >= 0.6 is 11.6 Å². The zero-order valence-corrected chi connectivity index (χ0v) is 10.5. The van der Waals surface area contributed by atoms with Gasteiger partial charge in [0.15, 0.2) is 11.5 Å². The Morgan fingerprint density at radius 3 is 2.72 bits per heavy atom. The fourth-order valence-corrected chi connectivity index (χ4v) is 1.68. The number of carboxylic acid groups (broad SMARTS) is 1. The molecular formula is C12H10ClNO4. The third-order valence-corrected chi connectivity index (χ3v) is 2.88. The molecule has 2 aromatic rings. The smallest absolute Gasteiger partial charge is 0.358 e. The van der Waals surface area contributed by atoms with E-state index in [0.29, 0.717) is 22.1 Å². The Kier molecular flexibility index (Phi) is 3.25. The molecule has 5 nitrogen and oxygen atoms in total. The highest BCUT2D eigenvalue weighted by atomic mass is 35.5. The molecule has 6 heteroatoms. The van der Waals surface area contributed by atoms with Gasteiger partial charge in [0.25, 0.3) is 0 Å². The lowest BCUT2D eigenvalue weighted by Crippen LogP contribution is -1.94. The molecule has 0 bridgehead atoms. The van der Waals surface area contributed by atoms with Crippen molar-refractivity contribution in [1.82, 2.24) is 5.16 Å². The van der Waals surface area contributed by atoms with Gasteiger partial charge in [0.05, 0.1) is 12.7 Å². The molecule has 1 N–H and O–H groups in total. The van der Waals surface area contributed by atoms with E-state index in [1.165, 1.54) is 13.2 Å². The predicted octanol–water partition coefficient (Wildman–Crippen LogP) is 3.01. The molecule has 1 aromatic carbocycles. The van der Waals surface area contributed by atoms with Gasteiger partial charge in [-0.05, 0) is 24.6 Å². The van der Waals surface area contributed by atoms with Crippen LogP contribution in [0.1, 0.15) is 16.1 Å². The van der Waals surface area contributed by atoms with E-state index in [4.69, 9.17) is 26.0 Å². The number of aromatic carboxylic acids is 1. The predicted molar refractivity (Wildman–Crippen MR) is 65.2 cm³/mol. The van der Waals surface area contributed by atoms with E-state index in [-0.39, 0.29) is 5.69 Å². The second kappa shape index (κ2) is 4.70. The number of aryl methyl sites for hydroxylation is 1. The molecule has 0 fully saturated rings. The number of aromatic nitrogens is 1. The largest absolute Gasteiger partial charge is 0.496 e. The van der Waals surface area contributed by atoms with Crippen LogP contribution in [0, 0.1) is 6.92 Å². The van der Waals surface area contributed by atoms with Crippen LogP contribution < -0.4 is 4.74 Å². The van der Waals surface area contributed by atoms with Gasteiger partial charge < -0.3 is 14.4 Å². The number of methoxy groups -OCH3 is 1. The molecule has 0 radical (unpaired) electrons. The van der Waals surface area contributed by atoms with E-state index in [0.717, 1.165) is 5.56 Å². The Hall–Kier alpha value is -2.01. The van der Waals surface area contributed by atoms with Gasteiger partial charge in [-0.25, -0.2) is 4.79 Å². The molecule has 0 saturated heterocycles. The molecule has 0 saturated carbocycles. The van der Waals surface area contributed by atoms with Gasteiger partial charge in [-0.1, -0.05) is 16.8 Å². The number of benzene rings is 1. The van der Waals surface area contributed by atoms with Crippen molar-refractivity contribution in [2.45, 2.75) is 6.92 Å². The number of rotatable bonds is 3. The summed E-state index contributed by atoms with van der Waals surface area (Å²) in [5.74, 6) is -0.307. The fraction of sp³-hybridized carbons (Fsp3) is 0.167. The van der Waals surface area contributed by atoms with E-state index in [2.05, 4.69) is 5.16 Å². The number of nitrogens with zero attached hydrogens (tertiary/aromatic N) is 1. The molecule has 0 atom stereocenters. The van der Waals surface area contributed by atoms with E-state index in [9.17, 15) is 4.79 Å². The van der Waals surface area contributed by atoms with Gasteiger partial charge in [0.1, 0.15) is 5.75 Å². The summed E-state index contributed by atoms with van der Waals surface area (Å²) in [4.78, 5) is 10.7. The Balaban J connectivity index is 2.55. The lowest BCUT2D eigenvalue weighted by Gasteiger charge is -2.08. The van der Waals surface area contributed by atoms with Crippen molar-refractivity contribution in [1.29, 1.82) is 0 Å². The molecule has 0 unspecified atom stereocenters. The maximum atomic E-state index is 10.7. The molecule has 94 valence electrons. The Morgan fingerprint density at radius 2 is 2.17 bits per heavy atom. The van der Waals surface area contributed by atoms with Crippen LogP contribution in [0.3, 0.4) is 0 Å². The molecule has 2 rings (SSSR count). The maximum absolute atomic E-state index is 10.7. The van der Waals surface area contributed by atoms with Crippen LogP contribution in [0.5, 0.6) is 5.75 Å².